The molecule has 1 heterocycles. The number of nitrogens with two attached hydrogens (primary N) is 1. The molecule has 0 bridgehead atoms. The Morgan fingerprint density at radius 2 is 2.21 bits per heavy atom. The second-order valence-corrected chi connectivity index (χ2v) is 3.39. The molecule has 0 amide bonds. The molecule has 1 aromatic rings. The molecule has 0 radical (unpaired) electrons. The monoisotopic (exact) mass is 194 g/mol. The predicted molar refractivity (Wildman–Crippen MR) is 60.6 cm³/mol. The minimum Gasteiger partial charge on any atom is -0.396 e. The molecule has 0 saturated heterocycles. The third-order valence-electron chi connectivity index (χ3n) is 2.10. The maximum absolute atomic E-state index is 5.84. The number of aryl methyl sites for hydroxylation is 1. The van der Waals surface area contributed by atoms with Gasteiger partial charge in [-0.25, -0.2) is 4.98 Å². The van der Waals surface area contributed by atoms with Gasteiger partial charge < -0.3 is 16.0 Å². The van der Waals surface area contributed by atoms with Gasteiger partial charge in [0.25, 0.3) is 0 Å². The summed E-state index contributed by atoms with van der Waals surface area (Å²) in [6.07, 6.45) is 0. The smallest absolute Gasteiger partial charge is 0.151 e. The Morgan fingerprint density at radius 3 is 2.86 bits per heavy atom. The molecule has 78 valence electrons. The first-order valence-electron chi connectivity index (χ1n) is 4.74. The fourth-order valence-corrected chi connectivity index (χ4v) is 1.24. The van der Waals surface area contributed by atoms with Crippen molar-refractivity contribution in [2.75, 3.05) is 37.8 Å². The normalized spacial score (nSPS) is 10.2. The van der Waals surface area contributed by atoms with Crippen molar-refractivity contribution in [3.05, 3.63) is 17.8 Å². The van der Waals surface area contributed by atoms with Crippen LogP contribution in [0.25, 0.3) is 0 Å². The van der Waals surface area contributed by atoms with E-state index in [1.807, 2.05) is 33.2 Å². The number of nitrogens with one attached hydrogen (secondary N) is 1. The van der Waals surface area contributed by atoms with E-state index >= 15 is 0 Å². The molecular weight excluding hydrogens is 176 g/mol. The lowest BCUT2D eigenvalue weighted by Gasteiger charge is -2.19. The molecule has 0 aliphatic carbocycles. The van der Waals surface area contributed by atoms with Crippen LogP contribution in [0.3, 0.4) is 0 Å². The van der Waals surface area contributed by atoms with Crippen LogP contribution in [0.15, 0.2) is 12.1 Å². The molecule has 0 unspecified atom stereocenters. The van der Waals surface area contributed by atoms with Gasteiger partial charge in [-0.2, -0.15) is 0 Å². The van der Waals surface area contributed by atoms with Crippen molar-refractivity contribution in [2.24, 2.45) is 0 Å². The van der Waals surface area contributed by atoms with Crippen molar-refractivity contribution >= 4 is 11.5 Å². The number of nitrogens with zero attached hydrogens (tertiary/aromatic N) is 2. The van der Waals surface area contributed by atoms with Crippen LogP contribution in [-0.2, 0) is 0 Å². The molecule has 1 aromatic heterocycles. The molecular formula is C10H18N4. The lowest BCUT2D eigenvalue weighted by Crippen LogP contribution is -2.28. The SMILES string of the molecule is CNCCN(C)c1nc(C)ccc1N. The van der Waals surface area contributed by atoms with Crippen molar-refractivity contribution in [2.45, 2.75) is 6.92 Å². The number of nitrogen functional groups attached to an aromatic ring is 1. The highest BCUT2D eigenvalue weighted by Gasteiger charge is 2.05. The van der Waals surface area contributed by atoms with Crippen molar-refractivity contribution in [3.8, 4) is 0 Å². The summed E-state index contributed by atoms with van der Waals surface area (Å²) in [6.45, 7) is 3.79. The van der Waals surface area contributed by atoms with Crippen LogP contribution in [0.1, 0.15) is 5.69 Å². The molecule has 0 aliphatic heterocycles. The average Bonchev–Trinajstić information content (AvgIpc) is 2.18. The third kappa shape index (κ3) is 2.60. The van der Waals surface area contributed by atoms with E-state index in [1.54, 1.807) is 0 Å². The zero-order valence-corrected chi connectivity index (χ0v) is 9.04. The molecule has 0 atom stereocenters. The van der Waals surface area contributed by atoms with Gasteiger partial charge in [-0.1, -0.05) is 0 Å². The fourth-order valence-electron chi connectivity index (χ4n) is 1.24. The van der Waals surface area contributed by atoms with Gasteiger partial charge in [-0.05, 0) is 26.1 Å². The Kier molecular flexibility index (Phi) is 3.71. The maximum Gasteiger partial charge on any atom is 0.151 e. The van der Waals surface area contributed by atoms with Gasteiger partial charge in [0.15, 0.2) is 5.82 Å². The minimum atomic E-state index is 0.731. The Balaban J connectivity index is 2.77. The maximum atomic E-state index is 5.84. The first kappa shape index (κ1) is 10.8. The molecule has 4 heteroatoms. The standard InChI is InChI=1S/C10H18N4/c1-8-4-5-9(11)10(13-8)14(3)7-6-12-2/h4-5,12H,6-7,11H2,1-3H3. The van der Waals surface area contributed by atoms with Gasteiger partial charge in [0, 0.05) is 25.8 Å². The van der Waals surface area contributed by atoms with E-state index in [9.17, 15) is 0 Å². The van der Waals surface area contributed by atoms with E-state index in [0.717, 1.165) is 30.3 Å². The number of anilines is 2. The summed E-state index contributed by atoms with van der Waals surface area (Å²) in [5, 5.41) is 3.09. The van der Waals surface area contributed by atoms with Crippen molar-refractivity contribution in [3.63, 3.8) is 0 Å². The molecule has 1 rings (SSSR count). The summed E-state index contributed by atoms with van der Waals surface area (Å²) in [5.74, 6) is 0.861. The van der Waals surface area contributed by atoms with E-state index < -0.39 is 0 Å². The van der Waals surface area contributed by atoms with Crippen molar-refractivity contribution in [1.29, 1.82) is 0 Å². The molecule has 0 saturated carbocycles. The quantitative estimate of drug-likeness (QED) is 0.738. The number of aromatic nitrogens is 1. The number of pyridine rings is 1. The highest BCUT2D eigenvalue weighted by atomic mass is 15.2. The lowest BCUT2D eigenvalue weighted by molar-refractivity contribution is 0.761. The third-order valence-corrected chi connectivity index (χ3v) is 2.10. The molecule has 0 spiro atoms. The first-order chi connectivity index (χ1) is 6.65. The molecule has 3 N–H and O–H groups in total. The van der Waals surface area contributed by atoms with Crippen LogP contribution in [0.4, 0.5) is 11.5 Å². The van der Waals surface area contributed by atoms with Crippen LogP contribution in [0.5, 0.6) is 0 Å². The van der Waals surface area contributed by atoms with E-state index in [-0.39, 0.29) is 0 Å². The van der Waals surface area contributed by atoms with Crippen LogP contribution in [0.2, 0.25) is 0 Å². The second-order valence-electron chi connectivity index (χ2n) is 3.39. The van der Waals surface area contributed by atoms with Gasteiger partial charge >= 0.3 is 0 Å². The second kappa shape index (κ2) is 4.81. The van der Waals surface area contributed by atoms with Crippen LogP contribution in [0, 0.1) is 6.92 Å². The van der Waals surface area contributed by atoms with Crippen molar-refractivity contribution < 1.29 is 0 Å². The van der Waals surface area contributed by atoms with Gasteiger partial charge in [0.05, 0.1) is 5.69 Å². The van der Waals surface area contributed by atoms with Gasteiger partial charge in [0.2, 0.25) is 0 Å². The van der Waals surface area contributed by atoms with Crippen LogP contribution >= 0.6 is 0 Å². The molecule has 0 fully saturated rings. The average molecular weight is 194 g/mol. The lowest BCUT2D eigenvalue weighted by atomic mass is 10.3. The van der Waals surface area contributed by atoms with Crippen molar-refractivity contribution in [1.82, 2.24) is 10.3 Å². The topological polar surface area (TPSA) is 54.2 Å². The van der Waals surface area contributed by atoms with Gasteiger partial charge in [-0.3, -0.25) is 0 Å². The van der Waals surface area contributed by atoms with Crippen LogP contribution < -0.4 is 16.0 Å². The summed E-state index contributed by atoms with van der Waals surface area (Å²) in [6, 6.07) is 3.82. The summed E-state index contributed by atoms with van der Waals surface area (Å²) < 4.78 is 0. The fraction of sp³-hybridized carbons (Fsp3) is 0.500. The molecule has 14 heavy (non-hydrogen) atoms. The predicted octanol–water partition coefficient (Wildman–Crippen LogP) is 0.628. The highest BCUT2D eigenvalue weighted by molar-refractivity contribution is 5.62. The Hall–Kier alpha value is -1.29. The summed E-state index contributed by atoms with van der Waals surface area (Å²) in [7, 11) is 3.93. The molecule has 0 aliphatic rings. The number of rotatable bonds is 4. The highest BCUT2D eigenvalue weighted by Crippen LogP contribution is 2.18. The largest absolute Gasteiger partial charge is 0.396 e. The molecule has 4 nitrogen and oxygen atoms in total. The molecule has 0 aromatic carbocycles. The van der Waals surface area contributed by atoms with Gasteiger partial charge in [-0.15, -0.1) is 0 Å². The zero-order chi connectivity index (χ0) is 10.6. The zero-order valence-electron chi connectivity index (χ0n) is 9.04. The number of hydrogen-bond acceptors (Lipinski definition) is 4. The first-order valence-corrected chi connectivity index (χ1v) is 4.74. The Labute approximate surface area is 85.1 Å². The minimum absolute atomic E-state index is 0.731. The van der Waals surface area contributed by atoms with E-state index in [1.165, 1.54) is 0 Å². The van der Waals surface area contributed by atoms with Crippen LogP contribution in [-0.4, -0.2) is 32.2 Å². The number of hydrogen-bond donors (Lipinski definition) is 2. The summed E-state index contributed by atoms with van der Waals surface area (Å²) >= 11 is 0. The van der Waals surface area contributed by atoms with E-state index in [0.29, 0.717) is 0 Å². The van der Waals surface area contributed by atoms with Gasteiger partial charge in [0.1, 0.15) is 0 Å². The summed E-state index contributed by atoms with van der Waals surface area (Å²) in [5.41, 5.74) is 7.56. The summed E-state index contributed by atoms with van der Waals surface area (Å²) in [4.78, 5) is 6.45. The number of likely N-dealkylation sites (N-methyl/N-ethyl adjacent to an activating group) is 2. The van der Waals surface area contributed by atoms with E-state index in [4.69, 9.17) is 5.73 Å². The Bertz CT molecular complexity index is 298. The van der Waals surface area contributed by atoms with E-state index in [2.05, 4.69) is 15.2 Å². The Morgan fingerprint density at radius 1 is 1.50 bits per heavy atom.